The second-order valence-electron chi connectivity index (χ2n) is 6.13. The minimum atomic E-state index is -0.0770. The number of amides is 1. The van der Waals surface area contributed by atoms with E-state index < -0.39 is 0 Å². The van der Waals surface area contributed by atoms with Gasteiger partial charge in [-0.1, -0.05) is 36.4 Å². The van der Waals surface area contributed by atoms with Gasteiger partial charge in [0.25, 0.3) is 0 Å². The van der Waals surface area contributed by atoms with Crippen molar-refractivity contribution in [2.45, 2.75) is 12.8 Å². The van der Waals surface area contributed by atoms with Gasteiger partial charge in [0.2, 0.25) is 5.91 Å². The number of nitrogens with one attached hydrogen (secondary N) is 1. The zero-order valence-corrected chi connectivity index (χ0v) is 14.7. The van der Waals surface area contributed by atoms with Crippen molar-refractivity contribution in [3.05, 3.63) is 91.0 Å². The van der Waals surface area contributed by atoms with E-state index >= 15 is 0 Å². The molecule has 4 rings (SSSR count). The Balaban J connectivity index is 1.42. The van der Waals surface area contributed by atoms with Crippen molar-refractivity contribution in [2.24, 2.45) is 0 Å². The zero-order valence-electron chi connectivity index (χ0n) is 14.7. The number of aryl methyl sites for hydroxylation is 1. The molecule has 0 saturated heterocycles. The number of aromatic nitrogens is 2. The number of pyridine rings is 1. The highest BCUT2D eigenvalue weighted by Gasteiger charge is 2.10. The maximum atomic E-state index is 12.4. The van der Waals surface area contributed by atoms with Gasteiger partial charge in [0, 0.05) is 19.0 Å². The number of imidazole rings is 1. The summed E-state index contributed by atoms with van der Waals surface area (Å²) >= 11 is 0. The highest BCUT2D eigenvalue weighted by atomic mass is 16.5. The predicted molar refractivity (Wildman–Crippen MR) is 105 cm³/mol. The summed E-state index contributed by atoms with van der Waals surface area (Å²) in [5.74, 6) is 2.13. The molecule has 0 saturated carbocycles. The molecule has 27 heavy (non-hydrogen) atoms. The number of benzene rings is 2. The van der Waals surface area contributed by atoms with E-state index in [0.717, 1.165) is 17.1 Å². The quantitative estimate of drug-likeness (QED) is 0.544. The third-order valence-corrected chi connectivity index (χ3v) is 4.22. The van der Waals surface area contributed by atoms with E-state index in [4.69, 9.17) is 4.74 Å². The van der Waals surface area contributed by atoms with Gasteiger partial charge in [0.15, 0.2) is 5.75 Å². The molecule has 0 aliphatic carbocycles. The lowest BCUT2D eigenvalue weighted by Gasteiger charge is -2.12. The van der Waals surface area contributed by atoms with E-state index in [1.165, 1.54) is 0 Å². The number of anilines is 1. The fourth-order valence-corrected chi connectivity index (χ4v) is 2.90. The Morgan fingerprint density at radius 1 is 0.963 bits per heavy atom. The summed E-state index contributed by atoms with van der Waals surface area (Å²) in [5, 5.41) is 2.94. The summed E-state index contributed by atoms with van der Waals surface area (Å²) in [6.07, 6.45) is 4.67. The summed E-state index contributed by atoms with van der Waals surface area (Å²) in [6, 6.07) is 22.8. The topological polar surface area (TPSA) is 55.6 Å². The lowest BCUT2D eigenvalue weighted by Crippen LogP contribution is -2.13. The normalized spacial score (nSPS) is 10.7. The molecule has 0 fully saturated rings. The molecule has 5 nitrogen and oxygen atoms in total. The van der Waals surface area contributed by atoms with Crippen molar-refractivity contribution < 1.29 is 9.53 Å². The van der Waals surface area contributed by atoms with Crippen LogP contribution in [0, 0.1) is 0 Å². The van der Waals surface area contributed by atoms with Crippen LogP contribution in [0.4, 0.5) is 5.69 Å². The number of para-hydroxylation sites is 3. The van der Waals surface area contributed by atoms with Crippen LogP contribution in [0.5, 0.6) is 11.5 Å². The molecule has 0 atom stereocenters. The number of nitrogens with zero attached hydrogens (tertiary/aromatic N) is 2. The van der Waals surface area contributed by atoms with Gasteiger partial charge in [-0.05, 0) is 36.4 Å². The van der Waals surface area contributed by atoms with E-state index in [9.17, 15) is 4.79 Å². The number of carbonyl (C=O) groups excluding carboxylic acids is 1. The van der Waals surface area contributed by atoms with Crippen LogP contribution in [0.1, 0.15) is 12.2 Å². The second kappa shape index (κ2) is 7.74. The molecule has 4 aromatic rings. The van der Waals surface area contributed by atoms with Crippen LogP contribution in [0.25, 0.3) is 5.52 Å². The van der Waals surface area contributed by atoms with Crippen molar-refractivity contribution >= 4 is 17.1 Å². The van der Waals surface area contributed by atoms with E-state index in [1.807, 2.05) is 89.6 Å². The molecule has 2 heterocycles. The summed E-state index contributed by atoms with van der Waals surface area (Å²) in [7, 11) is 0. The Morgan fingerprint density at radius 2 is 1.74 bits per heavy atom. The monoisotopic (exact) mass is 357 g/mol. The third-order valence-electron chi connectivity index (χ3n) is 4.22. The molecule has 0 aliphatic heterocycles. The molecule has 0 bridgehead atoms. The van der Waals surface area contributed by atoms with E-state index in [-0.39, 0.29) is 5.91 Å². The highest BCUT2D eigenvalue weighted by Crippen LogP contribution is 2.29. The molecule has 1 N–H and O–H groups in total. The molecule has 0 unspecified atom stereocenters. The third kappa shape index (κ3) is 3.98. The van der Waals surface area contributed by atoms with Crippen molar-refractivity contribution in [3.8, 4) is 11.5 Å². The molecular formula is C22H19N3O2. The zero-order chi connectivity index (χ0) is 18.5. The van der Waals surface area contributed by atoms with Crippen molar-refractivity contribution in [1.82, 2.24) is 9.38 Å². The maximum absolute atomic E-state index is 12.4. The first kappa shape index (κ1) is 16.8. The Labute approximate surface area is 157 Å². The number of carbonyl (C=O) groups is 1. The second-order valence-corrected chi connectivity index (χ2v) is 6.13. The standard InChI is InChI=1S/C22H19N3O2/c26-22(14-13-21-23-16-17-8-6-7-15-25(17)21)24-19-11-4-5-12-20(19)27-18-9-2-1-3-10-18/h1-12,15-16H,13-14H2,(H,24,26). The number of fused-ring (bicyclic) bond motifs is 1. The molecule has 1 amide bonds. The summed E-state index contributed by atoms with van der Waals surface area (Å²) in [4.78, 5) is 16.9. The summed E-state index contributed by atoms with van der Waals surface area (Å²) in [5.41, 5.74) is 1.67. The van der Waals surface area contributed by atoms with Gasteiger partial charge in [0.05, 0.1) is 17.4 Å². The molecular weight excluding hydrogens is 338 g/mol. The fraction of sp³-hybridized carbons (Fsp3) is 0.0909. The van der Waals surface area contributed by atoms with Crippen LogP contribution in [0.3, 0.4) is 0 Å². The largest absolute Gasteiger partial charge is 0.455 e. The Kier molecular flexibility index (Phi) is 4.83. The molecule has 2 aromatic carbocycles. The minimum absolute atomic E-state index is 0.0770. The predicted octanol–water partition coefficient (Wildman–Crippen LogP) is 4.70. The van der Waals surface area contributed by atoms with Crippen molar-refractivity contribution in [1.29, 1.82) is 0 Å². The number of ether oxygens (including phenoxy) is 1. The molecule has 134 valence electrons. The molecule has 0 aliphatic rings. The smallest absolute Gasteiger partial charge is 0.224 e. The molecule has 2 aromatic heterocycles. The number of rotatable bonds is 6. The average Bonchev–Trinajstić information content (AvgIpc) is 3.12. The van der Waals surface area contributed by atoms with Gasteiger partial charge in [0.1, 0.15) is 11.6 Å². The van der Waals surface area contributed by atoms with Crippen LogP contribution in [0.2, 0.25) is 0 Å². The Morgan fingerprint density at radius 3 is 2.63 bits per heavy atom. The van der Waals surface area contributed by atoms with Gasteiger partial charge in [-0.25, -0.2) is 4.98 Å². The lowest BCUT2D eigenvalue weighted by molar-refractivity contribution is -0.116. The van der Waals surface area contributed by atoms with E-state index in [2.05, 4.69) is 10.3 Å². The Bertz CT molecular complexity index is 1060. The highest BCUT2D eigenvalue weighted by molar-refractivity contribution is 5.92. The van der Waals surface area contributed by atoms with Crippen LogP contribution >= 0.6 is 0 Å². The first-order valence-corrected chi connectivity index (χ1v) is 8.82. The van der Waals surface area contributed by atoms with Crippen LogP contribution < -0.4 is 10.1 Å². The van der Waals surface area contributed by atoms with Gasteiger partial charge < -0.3 is 14.5 Å². The van der Waals surface area contributed by atoms with Crippen molar-refractivity contribution in [2.75, 3.05) is 5.32 Å². The van der Waals surface area contributed by atoms with Gasteiger partial charge in [-0.2, -0.15) is 0 Å². The summed E-state index contributed by atoms with van der Waals surface area (Å²) in [6.45, 7) is 0. The number of hydrogen-bond acceptors (Lipinski definition) is 3. The SMILES string of the molecule is O=C(CCc1ncc2ccccn12)Nc1ccccc1Oc1ccccc1. The first-order valence-electron chi connectivity index (χ1n) is 8.82. The van der Waals surface area contributed by atoms with Gasteiger partial charge >= 0.3 is 0 Å². The van der Waals surface area contributed by atoms with Gasteiger partial charge in [-0.3, -0.25) is 4.79 Å². The maximum Gasteiger partial charge on any atom is 0.224 e. The Hall–Kier alpha value is -3.60. The van der Waals surface area contributed by atoms with Crippen LogP contribution in [0.15, 0.2) is 85.2 Å². The van der Waals surface area contributed by atoms with Crippen LogP contribution in [-0.2, 0) is 11.2 Å². The molecule has 5 heteroatoms. The molecule has 0 radical (unpaired) electrons. The minimum Gasteiger partial charge on any atom is -0.455 e. The lowest BCUT2D eigenvalue weighted by atomic mass is 10.2. The number of hydrogen-bond donors (Lipinski definition) is 1. The summed E-state index contributed by atoms with van der Waals surface area (Å²) < 4.78 is 7.89. The van der Waals surface area contributed by atoms with Crippen LogP contribution in [-0.4, -0.2) is 15.3 Å². The van der Waals surface area contributed by atoms with Crippen molar-refractivity contribution in [3.63, 3.8) is 0 Å². The first-order chi connectivity index (χ1) is 13.3. The molecule has 0 spiro atoms. The van der Waals surface area contributed by atoms with E-state index in [1.54, 1.807) is 0 Å². The average molecular weight is 357 g/mol. The fourth-order valence-electron chi connectivity index (χ4n) is 2.90. The van der Waals surface area contributed by atoms with E-state index in [0.29, 0.717) is 24.3 Å². The van der Waals surface area contributed by atoms with Gasteiger partial charge in [-0.15, -0.1) is 0 Å².